The molecule has 0 aliphatic carbocycles. The van der Waals surface area contributed by atoms with Gasteiger partial charge in [0.05, 0.1) is 0 Å². The van der Waals surface area contributed by atoms with Crippen molar-refractivity contribution in [1.82, 2.24) is 10.2 Å². The first-order valence-electron chi connectivity index (χ1n) is 11.1. The van der Waals surface area contributed by atoms with Gasteiger partial charge in [-0.15, -0.1) is 11.8 Å². The van der Waals surface area contributed by atoms with Crippen LogP contribution in [0.2, 0.25) is 39.3 Å². The molecule has 182 valence electrons. The molecule has 0 aromatic heterocycles. The molecule has 33 heavy (non-hydrogen) atoms. The van der Waals surface area contributed by atoms with Crippen molar-refractivity contribution in [1.29, 1.82) is 0 Å². The van der Waals surface area contributed by atoms with E-state index in [-0.39, 0.29) is 17.3 Å². The maximum absolute atomic E-state index is 12.9. The highest BCUT2D eigenvalue weighted by Crippen LogP contribution is 2.51. The van der Waals surface area contributed by atoms with Gasteiger partial charge in [-0.3, -0.25) is 14.4 Å². The van der Waals surface area contributed by atoms with E-state index < -0.39 is 45.4 Å². The van der Waals surface area contributed by atoms with Gasteiger partial charge in [0.15, 0.2) is 0 Å². The lowest BCUT2D eigenvalue weighted by molar-refractivity contribution is -0.160. The summed E-state index contributed by atoms with van der Waals surface area (Å²) < 4.78 is 11.1. The maximum Gasteiger partial charge on any atom is 0.317 e. The van der Waals surface area contributed by atoms with Crippen LogP contribution in [0.5, 0.6) is 5.75 Å². The first kappa shape index (κ1) is 25.8. The number of rotatable bonds is 7. The van der Waals surface area contributed by atoms with E-state index in [1.54, 1.807) is 29.2 Å². The van der Waals surface area contributed by atoms with Crippen LogP contribution in [0, 0.1) is 0 Å². The van der Waals surface area contributed by atoms with Crippen molar-refractivity contribution in [2.45, 2.75) is 81.4 Å². The van der Waals surface area contributed by atoms with Gasteiger partial charge in [-0.1, -0.05) is 12.1 Å². The third-order valence-corrected chi connectivity index (χ3v) is 8.55. The maximum atomic E-state index is 12.9. The highest BCUT2D eigenvalue weighted by Gasteiger charge is 2.64. The molecule has 1 aromatic rings. The molecule has 2 unspecified atom stereocenters. The quantitative estimate of drug-likeness (QED) is 0.429. The SMILES string of the molecule is CC1(C)S[C@@H]2C(NC(=O)C(N)c3ccc(O[Si](C)(C)C)cc3)C(=O)N2[C@H]1C(=O)O[Si](C)(C)C. The smallest absolute Gasteiger partial charge is 0.317 e. The molecule has 0 saturated carbocycles. The summed E-state index contributed by atoms with van der Waals surface area (Å²) in [5, 5.41) is 2.47. The molecule has 0 bridgehead atoms. The lowest BCUT2D eigenvalue weighted by atomic mass is 9.95. The third kappa shape index (κ3) is 5.64. The third-order valence-electron chi connectivity index (χ3n) is 5.31. The number of nitrogens with two attached hydrogens (primary N) is 1. The number of benzene rings is 1. The Morgan fingerprint density at radius 2 is 1.67 bits per heavy atom. The zero-order valence-corrected chi connectivity index (χ0v) is 23.4. The number of β-lactam (4-membered cyclic amide) rings is 1. The summed E-state index contributed by atoms with van der Waals surface area (Å²) in [6.07, 6.45) is 0. The molecule has 2 aliphatic heterocycles. The molecule has 1 aromatic carbocycles. The molecule has 0 spiro atoms. The number of hydrogen-bond acceptors (Lipinski definition) is 7. The molecule has 8 nitrogen and oxygen atoms in total. The number of carbonyl (C=O) groups excluding carboxylic acids is 3. The standard InChI is InChI=1S/C22H35N3O5SSi2/c1-22(2)17(21(28)30-33(6,7)8)25-19(27)16(20(25)31-22)24-18(26)15(23)13-9-11-14(12-10-13)29-32(3,4)5/h9-12,15-17,20H,23H2,1-8H3,(H,24,26)/t15?,16?,17-,20+/m0/s1. The predicted octanol–water partition coefficient (Wildman–Crippen LogP) is 2.83. The summed E-state index contributed by atoms with van der Waals surface area (Å²) in [5.41, 5.74) is 6.81. The van der Waals surface area contributed by atoms with Gasteiger partial charge in [-0.05, 0) is 70.8 Å². The van der Waals surface area contributed by atoms with Crippen molar-refractivity contribution in [3.63, 3.8) is 0 Å². The highest BCUT2D eigenvalue weighted by atomic mass is 32.2. The average molecular weight is 510 g/mol. The van der Waals surface area contributed by atoms with Crippen LogP contribution in [0.1, 0.15) is 25.5 Å². The number of hydrogen-bond donors (Lipinski definition) is 2. The van der Waals surface area contributed by atoms with Gasteiger partial charge in [0.25, 0.3) is 0 Å². The normalized spacial score (nSPS) is 25.1. The molecule has 2 fully saturated rings. The van der Waals surface area contributed by atoms with Crippen molar-refractivity contribution in [2.24, 2.45) is 5.73 Å². The van der Waals surface area contributed by atoms with E-state index >= 15 is 0 Å². The van der Waals surface area contributed by atoms with Crippen molar-refractivity contribution < 1.29 is 23.2 Å². The Morgan fingerprint density at radius 3 is 2.18 bits per heavy atom. The second kappa shape index (κ2) is 8.75. The zero-order valence-electron chi connectivity index (χ0n) is 20.6. The minimum atomic E-state index is -2.10. The lowest BCUT2D eigenvalue weighted by Crippen LogP contribution is -2.71. The highest BCUT2D eigenvalue weighted by molar-refractivity contribution is 8.01. The fourth-order valence-corrected chi connectivity index (χ4v) is 7.15. The van der Waals surface area contributed by atoms with Crippen LogP contribution in [-0.2, 0) is 18.8 Å². The first-order chi connectivity index (χ1) is 15.0. The van der Waals surface area contributed by atoms with Crippen molar-refractivity contribution in [3.8, 4) is 5.75 Å². The van der Waals surface area contributed by atoms with Crippen LogP contribution in [0.4, 0.5) is 0 Å². The Morgan fingerprint density at radius 1 is 1.09 bits per heavy atom. The van der Waals surface area contributed by atoms with E-state index in [0.717, 1.165) is 5.75 Å². The second-order valence-electron chi connectivity index (χ2n) is 11.0. The summed E-state index contributed by atoms with van der Waals surface area (Å²) in [6.45, 7) is 15.9. The topological polar surface area (TPSA) is 111 Å². The molecule has 2 heterocycles. The van der Waals surface area contributed by atoms with Crippen LogP contribution in [0.25, 0.3) is 0 Å². The van der Waals surface area contributed by atoms with Crippen LogP contribution in [0.3, 0.4) is 0 Å². The summed E-state index contributed by atoms with van der Waals surface area (Å²) in [4.78, 5) is 40.2. The minimum Gasteiger partial charge on any atom is -0.544 e. The Kier molecular flexibility index (Phi) is 6.84. The Hall–Kier alpha value is -1.83. The van der Waals surface area contributed by atoms with Gasteiger partial charge in [0.2, 0.25) is 28.4 Å². The van der Waals surface area contributed by atoms with E-state index in [0.29, 0.717) is 5.56 Å². The predicted molar refractivity (Wildman–Crippen MR) is 135 cm³/mol. The Bertz CT molecular complexity index is 943. The largest absolute Gasteiger partial charge is 0.544 e. The van der Waals surface area contributed by atoms with Crippen LogP contribution < -0.4 is 15.5 Å². The Labute approximate surface area is 202 Å². The summed E-state index contributed by atoms with van der Waals surface area (Å²) >= 11 is 1.50. The number of nitrogens with one attached hydrogen (secondary N) is 1. The number of amides is 2. The monoisotopic (exact) mass is 509 g/mol. The van der Waals surface area contributed by atoms with Crippen LogP contribution in [0.15, 0.2) is 24.3 Å². The fraction of sp³-hybridized carbons (Fsp3) is 0.591. The van der Waals surface area contributed by atoms with E-state index in [9.17, 15) is 14.4 Å². The number of nitrogens with zero attached hydrogens (tertiary/aromatic N) is 1. The number of thioether (sulfide) groups is 1. The average Bonchev–Trinajstić information content (AvgIpc) is 2.91. The minimum absolute atomic E-state index is 0.282. The van der Waals surface area contributed by atoms with Crippen LogP contribution >= 0.6 is 11.8 Å². The van der Waals surface area contributed by atoms with Crippen molar-refractivity contribution >= 4 is 46.2 Å². The molecule has 3 rings (SSSR count). The summed E-state index contributed by atoms with van der Waals surface area (Å²) in [6, 6.07) is 4.84. The van der Waals surface area contributed by atoms with E-state index in [4.69, 9.17) is 14.6 Å². The van der Waals surface area contributed by atoms with E-state index in [1.807, 2.05) is 33.5 Å². The fourth-order valence-electron chi connectivity index (χ4n) is 3.98. The molecular weight excluding hydrogens is 474 g/mol. The second-order valence-corrected chi connectivity index (χ2v) is 21.7. The van der Waals surface area contributed by atoms with Gasteiger partial charge >= 0.3 is 5.97 Å². The van der Waals surface area contributed by atoms with Gasteiger partial charge < -0.3 is 24.8 Å². The van der Waals surface area contributed by atoms with Gasteiger partial charge in [0.1, 0.15) is 29.2 Å². The van der Waals surface area contributed by atoms with E-state index in [2.05, 4.69) is 25.0 Å². The molecule has 2 saturated heterocycles. The molecule has 2 aliphatic rings. The van der Waals surface area contributed by atoms with Gasteiger partial charge in [0, 0.05) is 4.75 Å². The summed E-state index contributed by atoms with van der Waals surface area (Å²) in [5.74, 6) is -0.339. The molecule has 0 radical (unpaired) electrons. The van der Waals surface area contributed by atoms with Gasteiger partial charge in [-0.25, -0.2) is 0 Å². The molecule has 4 atom stereocenters. The summed E-state index contributed by atoms with van der Waals surface area (Å²) in [7, 11) is -3.83. The number of fused-ring (bicyclic) bond motifs is 1. The van der Waals surface area contributed by atoms with Crippen molar-refractivity contribution in [2.75, 3.05) is 0 Å². The molecule has 3 N–H and O–H groups in total. The number of carbonyl (C=O) groups is 3. The lowest BCUT2D eigenvalue weighted by Gasteiger charge is -2.44. The van der Waals surface area contributed by atoms with Crippen molar-refractivity contribution in [3.05, 3.63) is 29.8 Å². The first-order valence-corrected chi connectivity index (χ1v) is 18.8. The van der Waals surface area contributed by atoms with Gasteiger partial charge in [-0.2, -0.15) is 0 Å². The van der Waals surface area contributed by atoms with E-state index in [1.165, 1.54) is 11.8 Å². The molecular formula is C22H35N3O5SSi2. The Balaban J connectivity index is 1.66. The molecule has 11 heteroatoms. The zero-order chi connectivity index (χ0) is 24.9. The molecule has 2 amide bonds. The van der Waals surface area contributed by atoms with Crippen LogP contribution in [-0.4, -0.2) is 61.5 Å².